The second-order valence-electron chi connectivity index (χ2n) is 4.59. The summed E-state index contributed by atoms with van der Waals surface area (Å²) in [5, 5.41) is 3.35. The van der Waals surface area contributed by atoms with E-state index in [4.69, 9.17) is 27.9 Å². The Bertz CT molecular complexity index is 596. The Labute approximate surface area is 148 Å². The van der Waals surface area contributed by atoms with Gasteiger partial charge in [-0.25, -0.2) is 0 Å². The largest absolute Gasteiger partial charge is 0.455 e. The van der Waals surface area contributed by atoms with Gasteiger partial charge in [0, 0.05) is 24.0 Å². The number of rotatable bonds is 7. The van der Waals surface area contributed by atoms with Crippen molar-refractivity contribution in [3.05, 3.63) is 28.2 Å². The molecular formula is C14H16Cl2N2O4S. The van der Waals surface area contributed by atoms with Crippen molar-refractivity contribution in [2.24, 2.45) is 0 Å². The number of nitrogens with zero attached hydrogens (tertiary/aromatic N) is 1. The topological polar surface area (TPSA) is 75.7 Å². The summed E-state index contributed by atoms with van der Waals surface area (Å²) in [7, 11) is 3.15. The molecule has 0 saturated carbocycles. The van der Waals surface area contributed by atoms with Crippen LogP contribution >= 0.6 is 35.0 Å². The lowest BCUT2D eigenvalue weighted by Crippen LogP contribution is -2.38. The van der Waals surface area contributed by atoms with E-state index in [0.717, 1.165) is 11.8 Å². The first-order chi connectivity index (χ1) is 10.8. The van der Waals surface area contributed by atoms with Gasteiger partial charge in [0.2, 0.25) is 5.91 Å². The zero-order valence-corrected chi connectivity index (χ0v) is 14.9. The minimum Gasteiger partial charge on any atom is -0.455 e. The first-order valence-electron chi connectivity index (χ1n) is 6.50. The number of carbonyl (C=O) groups is 3. The first-order valence-corrected chi connectivity index (χ1v) is 8.24. The van der Waals surface area contributed by atoms with E-state index in [1.54, 1.807) is 32.3 Å². The first kappa shape index (κ1) is 19.6. The van der Waals surface area contributed by atoms with Gasteiger partial charge in [-0.2, -0.15) is 0 Å². The van der Waals surface area contributed by atoms with Crippen molar-refractivity contribution in [1.29, 1.82) is 0 Å². The van der Waals surface area contributed by atoms with E-state index in [0.29, 0.717) is 14.9 Å². The zero-order valence-electron chi connectivity index (χ0n) is 12.6. The fraction of sp³-hybridized carbons (Fsp3) is 0.357. The Balaban J connectivity index is 2.30. The zero-order chi connectivity index (χ0) is 17.4. The summed E-state index contributed by atoms with van der Waals surface area (Å²) in [4.78, 5) is 36.3. The average molecular weight is 379 g/mol. The Morgan fingerprint density at radius 3 is 2.61 bits per heavy atom. The lowest BCUT2D eigenvalue weighted by molar-refractivity contribution is -0.146. The predicted molar refractivity (Wildman–Crippen MR) is 89.8 cm³/mol. The molecule has 0 atom stereocenters. The molecule has 9 heteroatoms. The molecular weight excluding hydrogens is 363 g/mol. The summed E-state index contributed by atoms with van der Waals surface area (Å²) in [6.45, 7) is -0.584. The monoisotopic (exact) mass is 378 g/mol. The van der Waals surface area contributed by atoms with Gasteiger partial charge in [0.1, 0.15) is 0 Å². The Hall–Kier alpha value is -1.44. The summed E-state index contributed by atoms with van der Waals surface area (Å²) in [6.07, 6.45) is 0. The average Bonchev–Trinajstić information content (AvgIpc) is 2.51. The number of hydrogen-bond donors (Lipinski definition) is 1. The van der Waals surface area contributed by atoms with Gasteiger partial charge in [-0.05, 0) is 18.2 Å². The van der Waals surface area contributed by atoms with Crippen molar-refractivity contribution in [3.63, 3.8) is 0 Å². The highest BCUT2D eigenvalue weighted by atomic mass is 35.5. The lowest BCUT2D eigenvalue weighted by atomic mass is 10.4. The van der Waals surface area contributed by atoms with Crippen LogP contribution in [0.3, 0.4) is 0 Å². The molecule has 1 aromatic carbocycles. The molecule has 0 spiro atoms. The SMILES string of the molecule is CN(C)C(=O)CNC(=O)COC(=O)CSc1cc(Cl)ccc1Cl. The van der Waals surface area contributed by atoms with Crippen molar-refractivity contribution in [2.75, 3.05) is 33.0 Å². The highest BCUT2D eigenvalue weighted by Gasteiger charge is 2.11. The molecule has 0 saturated heterocycles. The molecule has 1 aromatic rings. The summed E-state index contributed by atoms with van der Waals surface area (Å²) < 4.78 is 4.82. The third kappa shape index (κ3) is 7.58. The van der Waals surface area contributed by atoms with E-state index in [1.807, 2.05) is 0 Å². The third-order valence-electron chi connectivity index (χ3n) is 2.54. The molecule has 6 nitrogen and oxygen atoms in total. The van der Waals surface area contributed by atoms with Gasteiger partial charge in [-0.15, -0.1) is 11.8 Å². The molecule has 23 heavy (non-hydrogen) atoms. The van der Waals surface area contributed by atoms with E-state index in [-0.39, 0.29) is 18.2 Å². The molecule has 2 amide bonds. The Morgan fingerprint density at radius 2 is 1.96 bits per heavy atom. The summed E-state index contributed by atoms with van der Waals surface area (Å²) >= 11 is 13.0. The van der Waals surface area contributed by atoms with Crippen LogP contribution in [0.15, 0.2) is 23.1 Å². The number of benzene rings is 1. The molecule has 0 fully saturated rings. The second kappa shape index (κ2) is 9.64. The van der Waals surface area contributed by atoms with Gasteiger partial charge in [0.15, 0.2) is 6.61 Å². The second-order valence-corrected chi connectivity index (χ2v) is 6.45. The number of nitrogens with one attached hydrogen (secondary N) is 1. The normalized spacial score (nSPS) is 10.1. The molecule has 0 radical (unpaired) electrons. The minimum absolute atomic E-state index is 0.00995. The summed E-state index contributed by atoms with van der Waals surface area (Å²) in [5.41, 5.74) is 0. The Morgan fingerprint density at radius 1 is 1.26 bits per heavy atom. The molecule has 0 aliphatic carbocycles. The van der Waals surface area contributed by atoms with Gasteiger partial charge >= 0.3 is 5.97 Å². The van der Waals surface area contributed by atoms with Gasteiger partial charge in [0.05, 0.1) is 17.3 Å². The van der Waals surface area contributed by atoms with Crippen LogP contribution in [0.4, 0.5) is 0 Å². The van der Waals surface area contributed by atoms with E-state index in [2.05, 4.69) is 5.32 Å². The van der Waals surface area contributed by atoms with Crippen LogP contribution < -0.4 is 5.32 Å². The van der Waals surface area contributed by atoms with Crippen molar-refractivity contribution < 1.29 is 19.1 Å². The smallest absolute Gasteiger partial charge is 0.316 e. The van der Waals surface area contributed by atoms with Crippen molar-refractivity contribution in [3.8, 4) is 0 Å². The molecule has 0 bridgehead atoms. The molecule has 126 valence electrons. The van der Waals surface area contributed by atoms with Crippen molar-refractivity contribution in [2.45, 2.75) is 4.90 Å². The quantitative estimate of drug-likeness (QED) is 0.578. The fourth-order valence-electron chi connectivity index (χ4n) is 1.30. The van der Waals surface area contributed by atoms with E-state index < -0.39 is 18.5 Å². The molecule has 0 unspecified atom stereocenters. The van der Waals surface area contributed by atoms with Gasteiger partial charge in [0.25, 0.3) is 5.91 Å². The highest BCUT2D eigenvalue weighted by Crippen LogP contribution is 2.29. The number of esters is 1. The van der Waals surface area contributed by atoms with Crippen LogP contribution in [0, 0.1) is 0 Å². The Kier molecular flexibility index (Phi) is 8.22. The van der Waals surface area contributed by atoms with Crippen LogP contribution in [0.25, 0.3) is 0 Å². The maximum absolute atomic E-state index is 11.6. The molecule has 0 aliphatic rings. The number of ether oxygens (including phenoxy) is 1. The number of hydrogen-bond acceptors (Lipinski definition) is 5. The number of halogens is 2. The van der Waals surface area contributed by atoms with Crippen LogP contribution in [-0.4, -0.2) is 55.7 Å². The van der Waals surface area contributed by atoms with Gasteiger partial charge < -0.3 is 15.0 Å². The minimum atomic E-state index is -0.569. The summed E-state index contributed by atoms with van der Waals surface area (Å²) in [6, 6.07) is 4.92. The number of thioether (sulfide) groups is 1. The number of likely N-dealkylation sites (N-methyl/N-ethyl adjacent to an activating group) is 1. The number of amides is 2. The van der Waals surface area contributed by atoms with Crippen LogP contribution in [0.2, 0.25) is 10.0 Å². The molecule has 1 N–H and O–H groups in total. The van der Waals surface area contributed by atoms with Gasteiger partial charge in [-0.3, -0.25) is 14.4 Å². The lowest BCUT2D eigenvalue weighted by Gasteiger charge is -2.11. The van der Waals surface area contributed by atoms with Crippen molar-refractivity contribution >= 4 is 52.7 Å². The van der Waals surface area contributed by atoms with E-state index >= 15 is 0 Å². The van der Waals surface area contributed by atoms with Crippen LogP contribution in [0.1, 0.15) is 0 Å². The van der Waals surface area contributed by atoms with E-state index in [1.165, 1.54) is 4.90 Å². The molecule has 1 rings (SSSR count). The van der Waals surface area contributed by atoms with Crippen LogP contribution in [0.5, 0.6) is 0 Å². The third-order valence-corrected chi connectivity index (χ3v) is 4.24. The maximum Gasteiger partial charge on any atom is 0.316 e. The standard InChI is InChI=1S/C14H16Cl2N2O4S/c1-18(2)13(20)6-17-12(19)7-22-14(21)8-23-11-5-9(15)3-4-10(11)16/h3-5H,6-8H2,1-2H3,(H,17,19). The summed E-state index contributed by atoms with van der Waals surface area (Å²) in [5.74, 6) is -1.38. The molecule has 0 aliphatic heterocycles. The van der Waals surface area contributed by atoms with Crippen LogP contribution in [-0.2, 0) is 19.1 Å². The van der Waals surface area contributed by atoms with E-state index in [9.17, 15) is 14.4 Å². The predicted octanol–water partition coefficient (Wildman–Crippen LogP) is 1.83. The highest BCUT2D eigenvalue weighted by molar-refractivity contribution is 8.00. The number of carbonyl (C=O) groups excluding carboxylic acids is 3. The fourth-order valence-corrected chi connectivity index (χ4v) is 2.59. The molecule has 0 heterocycles. The molecule has 0 aromatic heterocycles. The maximum atomic E-state index is 11.6. The van der Waals surface area contributed by atoms with Gasteiger partial charge in [-0.1, -0.05) is 23.2 Å². The van der Waals surface area contributed by atoms with Crippen molar-refractivity contribution in [1.82, 2.24) is 10.2 Å².